The third kappa shape index (κ3) is 8.31. The molecule has 1 heterocycles. The van der Waals surface area contributed by atoms with Gasteiger partial charge >= 0.3 is 6.03 Å². The molecule has 8 heteroatoms. The predicted molar refractivity (Wildman–Crippen MR) is 167 cm³/mol. The SMILES string of the molecule is O=C(NNc1ccccc1)c1ccc(CN(CCCN2CCOCC2)C(=O)NCCc2cccc3ccccc23)cc1. The molecule has 218 valence electrons. The molecule has 1 saturated heterocycles. The van der Waals surface area contributed by atoms with Gasteiger partial charge in [0.25, 0.3) is 5.91 Å². The van der Waals surface area contributed by atoms with Crippen LogP contribution in [0.25, 0.3) is 10.8 Å². The van der Waals surface area contributed by atoms with Crippen molar-refractivity contribution < 1.29 is 14.3 Å². The molecule has 1 aliphatic heterocycles. The number of ether oxygens (including phenoxy) is 1. The van der Waals surface area contributed by atoms with Crippen molar-refractivity contribution in [2.75, 3.05) is 51.4 Å². The molecule has 3 N–H and O–H groups in total. The first-order valence-corrected chi connectivity index (χ1v) is 14.7. The lowest BCUT2D eigenvalue weighted by atomic mass is 10.0. The minimum absolute atomic E-state index is 0.0777. The second-order valence-corrected chi connectivity index (χ2v) is 10.5. The van der Waals surface area contributed by atoms with Crippen molar-refractivity contribution in [2.24, 2.45) is 0 Å². The number of urea groups is 1. The summed E-state index contributed by atoms with van der Waals surface area (Å²) in [6.07, 6.45) is 1.64. The van der Waals surface area contributed by atoms with Gasteiger partial charge in [0.15, 0.2) is 0 Å². The third-order valence-corrected chi connectivity index (χ3v) is 7.53. The first-order valence-electron chi connectivity index (χ1n) is 14.7. The lowest BCUT2D eigenvalue weighted by molar-refractivity contribution is 0.0364. The minimum atomic E-state index is -0.223. The van der Waals surface area contributed by atoms with Crippen molar-refractivity contribution in [3.05, 3.63) is 114 Å². The molecular weight excluding hydrogens is 526 g/mol. The van der Waals surface area contributed by atoms with Gasteiger partial charge in [0.2, 0.25) is 0 Å². The van der Waals surface area contributed by atoms with E-state index < -0.39 is 0 Å². The van der Waals surface area contributed by atoms with Gasteiger partial charge in [0.1, 0.15) is 0 Å². The van der Waals surface area contributed by atoms with Gasteiger partial charge in [-0.15, -0.1) is 0 Å². The zero-order chi connectivity index (χ0) is 29.0. The van der Waals surface area contributed by atoms with Gasteiger partial charge in [-0.1, -0.05) is 72.8 Å². The average Bonchev–Trinajstić information content (AvgIpc) is 3.04. The zero-order valence-electron chi connectivity index (χ0n) is 23.9. The van der Waals surface area contributed by atoms with Crippen molar-refractivity contribution in [3.63, 3.8) is 0 Å². The molecule has 0 bridgehead atoms. The maximum atomic E-state index is 13.4. The van der Waals surface area contributed by atoms with Gasteiger partial charge < -0.3 is 15.0 Å². The summed E-state index contributed by atoms with van der Waals surface area (Å²) in [5.74, 6) is -0.223. The minimum Gasteiger partial charge on any atom is -0.379 e. The van der Waals surface area contributed by atoms with Gasteiger partial charge in [0, 0.05) is 44.8 Å². The molecule has 1 aliphatic rings. The maximum Gasteiger partial charge on any atom is 0.317 e. The first-order chi connectivity index (χ1) is 20.7. The van der Waals surface area contributed by atoms with E-state index in [0.717, 1.165) is 56.9 Å². The number of carbonyl (C=O) groups excluding carboxylic acids is 2. The topological polar surface area (TPSA) is 85.9 Å². The molecular formula is C34H39N5O3. The number of rotatable bonds is 12. The van der Waals surface area contributed by atoms with Crippen LogP contribution in [-0.2, 0) is 17.7 Å². The fourth-order valence-electron chi connectivity index (χ4n) is 5.19. The number of fused-ring (bicyclic) bond motifs is 1. The Morgan fingerprint density at radius 1 is 0.833 bits per heavy atom. The summed E-state index contributed by atoms with van der Waals surface area (Å²) in [5, 5.41) is 5.58. The summed E-state index contributed by atoms with van der Waals surface area (Å²) in [5.41, 5.74) is 9.19. The van der Waals surface area contributed by atoms with Gasteiger partial charge in [-0.05, 0) is 59.0 Å². The summed E-state index contributed by atoms with van der Waals surface area (Å²) in [6.45, 7) is 5.98. The van der Waals surface area contributed by atoms with E-state index in [1.807, 2.05) is 53.4 Å². The number of morpholine rings is 1. The summed E-state index contributed by atoms with van der Waals surface area (Å²) in [6, 6.07) is 31.5. The van der Waals surface area contributed by atoms with Crippen LogP contribution in [0.2, 0.25) is 0 Å². The average molecular weight is 566 g/mol. The van der Waals surface area contributed by atoms with Gasteiger partial charge in [0.05, 0.1) is 18.9 Å². The number of hydrazine groups is 1. The van der Waals surface area contributed by atoms with E-state index in [2.05, 4.69) is 57.5 Å². The molecule has 0 saturated carbocycles. The Balaban J connectivity index is 1.18. The maximum absolute atomic E-state index is 13.4. The van der Waals surface area contributed by atoms with Crippen LogP contribution in [0.4, 0.5) is 10.5 Å². The Kier molecular flexibility index (Phi) is 10.4. The first kappa shape index (κ1) is 29.1. The van der Waals surface area contributed by atoms with Crippen molar-refractivity contribution in [1.82, 2.24) is 20.5 Å². The van der Waals surface area contributed by atoms with Gasteiger partial charge in [-0.2, -0.15) is 0 Å². The molecule has 4 aromatic rings. The lowest BCUT2D eigenvalue weighted by Gasteiger charge is -2.28. The van der Waals surface area contributed by atoms with Crippen molar-refractivity contribution in [3.8, 4) is 0 Å². The van der Waals surface area contributed by atoms with Gasteiger partial charge in [-0.25, -0.2) is 4.79 Å². The quantitative estimate of drug-likeness (QED) is 0.209. The largest absolute Gasteiger partial charge is 0.379 e. The van der Waals surface area contributed by atoms with E-state index in [1.54, 1.807) is 12.1 Å². The molecule has 0 radical (unpaired) electrons. The van der Waals surface area contributed by atoms with Gasteiger partial charge in [-0.3, -0.25) is 20.5 Å². The number of para-hydroxylation sites is 1. The Morgan fingerprint density at radius 3 is 2.38 bits per heavy atom. The van der Waals surface area contributed by atoms with Crippen LogP contribution in [0.15, 0.2) is 97.1 Å². The molecule has 8 nitrogen and oxygen atoms in total. The Bertz CT molecular complexity index is 1430. The van der Waals surface area contributed by atoms with Crippen LogP contribution in [0.5, 0.6) is 0 Å². The van der Waals surface area contributed by atoms with E-state index in [4.69, 9.17) is 4.74 Å². The molecule has 0 aromatic heterocycles. The number of hydrogen-bond acceptors (Lipinski definition) is 5. The smallest absolute Gasteiger partial charge is 0.317 e. The number of nitrogens with one attached hydrogen (secondary N) is 3. The molecule has 5 rings (SSSR count). The molecule has 42 heavy (non-hydrogen) atoms. The van der Waals surface area contributed by atoms with Crippen molar-refractivity contribution in [1.29, 1.82) is 0 Å². The highest BCUT2D eigenvalue weighted by molar-refractivity contribution is 5.94. The standard InChI is InChI=1S/C34H39N5O3/c40-33(37-36-31-11-2-1-3-12-31)30-16-14-27(15-17-30)26-39(21-7-20-38-22-24-42-25-23-38)34(41)35-19-18-29-10-6-9-28-8-4-5-13-32(28)29/h1-6,8-17,36H,7,18-26H2,(H,35,41)(H,37,40). The molecule has 0 aliphatic carbocycles. The summed E-state index contributed by atoms with van der Waals surface area (Å²) in [4.78, 5) is 30.3. The highest BCUT2D eigenvalue weighted by Gasteiger charge is 2.16. The number of carbonyl (C=O) groups is 2. The molecule has 3 amide bonds. The highest BCUT2D eigenvalue weighted by atomic mass is 16.5. The van der Waals surface area contributed by atoms with Crippen LogP contribution in [-0.4, -0.2) is 67.7 Å². The van der Waals surface area contributed by atoms with Crippen LogP contribution in [0.1, 0.15) is 27.9 Å². The molecule has 4 aromatic carbocycles. The van der Waals surface area contributed by atoms with E-state index in [1.165, 1.54) is 16.3 Å². The summed E-state index contributed by atoms with van der Waals surface area (Å²) in [7, 11) is 0. The number of amides is 3. The number of anilines is 1. The third-order valence-electron chi connectivity index (χ3n) is 7.53. The van der Waals surface area contributed by atoms with Crippen molar-refractivity contribution >= 4 is 28.4 Å². The van der Waals surface area contributed by atoms with Crippen LogP contribution in [0.3, 0.4) is 0 Å². The van der Waals surface area contributed by atoms with E-state index in [9.17, 15) is 9.59 Å². The lowest BCUT2D eigenvalue weighted by Crippen LogP contribution is -2.42. The van der Waals surface area contributed by atoms with Crippen LogP contribution in [0, 0.1) is 0 Å². The second-order valence-electron chi connectivity index (χ2n) is 10.5. The normalized spacial score (nSPS) is 13.4. The Labute approximate surface area is 247 Å². The summed E-state index contributed by atoms with van der Waals surface area (Å²) < 4.78 is 5.47. The van der Waals surface area contributed by atoms with Crippen LogP contribution >= 0.6 is 0 Å². The Morgan fingerprint density at radius 2 is 1.57 bits per heavy atom. The number of hydrogen-bond donors (Lipinski definition) is 3. The summed E-state index contributed by atoms with van der Waals surface area (Å²) >= 11 is 0. The predicted octanol–water partition coefficient (Wildman–Crippen LogP) is 5.07. The number of nitrogens with zero attached hydrogens (tertiary/aromatic N) is 2. The molecule has 0 atom stereocenters. The molecule has 0 spiro atoms. The molecule has 0 unspecified atom stereocenters. The fourth-order valence-corrected chi connectivity index (χ4v) is 5.19. The second kappa shape index (κ2) is 15.0. The van der Waals surface area contributed by atoms with Crippen LogP contribution < -0.4 is 16.2 Å². The Hall–Kier alpha value is -4.40. The monoisotopic (exact) mass is 565 g/mol. The van der Waals surface area contributed by atoms with E-state index in [-0.39, 0.29) is 11.9 Å². The fraction of sp³-hybridized carbons (Fsp3) is 0.294. The van der Waals surface area contributed by atoms with E-state index in [0.29, 0.717) is 25.2 Å². The number of benzene rings is 4. The zero-order valence-corrected chi connectivity index (χ0v) is 23.9. The highest BCUT2D eigenvalue weighted by Crippen LogP contribution is 2.19. The van der Waals surface area contributed by atoms with E-state index >= 15 is 0 Å². The molecule has 1 fully saturated rings. The van der Waals surface area contributed by atoms with Crippen molar-refractivity contribution in [2.45, 2.75) is 19.4 Å².